The second-order valence-electron chi connectivity index (χ2n) is 6.73. The van der Waals surface area contributed by atoms with Gasteiger partial charge in [-0.1, -0.05) is 11.6 Å². The van der Waals surface area contributed by atoms with E-state index in [4.69, 9.17) is 34.8 Å². The zero-order valence-electron chi connectivity index (χ0n) is 15.6. The van der Waals surface area contributed by atoms with Gasteiger partial charge in [-0.15, -0.1) is 23.2 Å². The first kappa shape index (κ1) is 24.1. The van der Waals surface area contributed by atoms with Crippen molar-refractivity contribution in [3.05, 3.63) is 52.6 Å². The SMILES string of the molecule is O=C(Nc1c(F)ccc(NC(=O)C(F)F)c1F)c1cc(NC(=O)C2CC2(Cl)Cl)ccc1Cl. The third-order valence-corrected chi connectivity index (χ3v) is 5.57. The van der Waals surface area contributed by atoms with Gasteiger partial charge < -0.3 is 16.0 Å². The molecule has 3 amide bonds. The molecule has 0 spiro atoms. The van der Waals surface area contributed by atoms with Gasteiger partial charge >= 0.3 is 6.43 Å². The monoisotopic (exact) mass is 511 g/mol. The average Bonchev–Trinajstić information content (AvgIpc) is 3.36. The number of carbonyl (C=O) groups is 3. The summed E-state index contributed by atoms with van der Waals surface area (Å²) in [6.45, 7) is 0. The number of rotatable bonds is 6. The van der Waals surface area contributed by atoms with E-state index in [-0.39, 0.29) is 22.7 Å². The molecule has 0 heterocycles. The minimum Gasteiger partial charge on any atom is -0.326 e. The molecule has 1 unspecified atom stereocenters. The van der Waals surface area contributed by atoms with Gasteiger partial charge in [-0.3, -0.25) is 14.4 Å². The van der Waals surface area contributed by atoms with E-state index in [0.717, 1.165) is 12.1 Å². The first-order chi connectivity index (χ1) is 14.9. The second-order valence-corrected chi connectivity index (χ2v) is 8.68. The highest BCUT2D eigenvalue weighted by Gasteiger charge is 2.56. The first-order valence-corrected chi connectivity index (χ1v) is 9.90. The fraction of sp³-hybridized carbons (Fsp3) is 0.211. The summed E-state index contributed by atoms with van der Waals surface area (Å²) in [6.07, 6.45) is -3.19. The molecule has 1 aliphatic rings. The van der Waals surface area contributed by atoms with E-state index < -0.39 is 57.4 Å². The first-order valence-electron chi connectivity index (χ1n) is 8.77. The molecule has 1 aliphatic carbocycles. The molecule has 0 bridgehead atoms. The molecule has 0 radical (unpaired) electrons. The van der Waals surface area contributed by atoms with Gasteiger partial charge in [-0.05, 0) is 36.8 Å². The summed E-state index contributed by atoms with van der Waals surface area (Å²) in [5.41, 5.74) is -1.89. The molecule has 0 saturated heterocycles. The van der Waals surface area contributed by atoms with Gasteiger partial charge in [0.2, 0.25) is 5.91 Å². The minimum absolute atomic E-state index is 0.112. The van der Waals surface area contributed by atoms with Crippen LogP contribution in [0, 0.1) is 17.6 Å². The molecule has 13 heteroatoms. The van der Waals surface area contributed by atoms with Crippen molar-refractivity contribution >= 4 is 69.6 Å². The van der Waals surface area contributed by atoms with Crippen molar-refractivity contribution in [2.45, 2.75) is 17.2 Å². The Balaban J connectivity index is 1.81. The highest BCUT2D eigenvalue weighted by Crippen LogP contribution is 2.53. The molecule has 6 nitrogen and oxygen atoms in total. The predicted octanol–water partition coefficient (Wildman–Crippen LogP) is 5.21. The van der Waals surface area contributed by atoms with Crippen molar-refractivity contribution in [3.63, 3.8) is 0 Å². The number of amides is 3. The van der Waals surface area contributed by atoms with Crippen molar-refractivity contribution in [2.24, 2.45) is 5.92 Å². The lowest BCUT2D eigenvalue weighted by atomic mass is 10.1. The summed E-state index contributed by atoms with van der Waals surface area (Å²) < 4.78 is 52.2. The Kier molecular flexibility index (Phi) is 6.87. The normalized spacial score (nSPS) is 16.4. The van der Waals surface area contributed by atoms with E-state index in [1.807, 2.05) is 5.32 Å². The Morgan fingerprint density at radius 2 is 1.69 bits per heavy atom. The number of hydrogen-bond acceptors (Lipinski definition) is 3. The van der Waals surface area contributed by atoms with Crippen LogP contribution in [0.5, 0.6) is 0 Å². The maximum atomic E-state index is 14.5. The van der Waals surface area contributed by atoms with E-state index in [9.17, 15) is 31.9 Å². The van der Waals surface area contributed by atoms with Crippen LogP contribution in [0.15, 0.2) is 30.3 Å². The molecule has 32 heavy (non-hydrogen) atoms. The maximum absolute atomic E-state index is 14.5. The lowest BCUT2D eigenvalue weighted by Gasteiger charge is -2.13. The average molecular weight is 513 g/mol. The van der Waals surface area contributed by atoms with Crippen LogP contribution in [-0.2, 0) is 9.59 Å². The zero-order valence-corrected chi connectivity index (χ0v) is 17.9. The number of halogens is 7. The van der Waals surface area contributed by atoms with Crippen molar-refractivity contribution < 1.29 is 31.9 Å². The van der Waals surface area contributed by atoms with Crippen LogP contribution >= 0.6 is 34.8 Å². The molecule has 2 aromatic rings. The summed E-state index contributed by atoms with van der Waals surface area (Å²) in [5, 5.41) is 5.90. The number of anilines is 3. The zero-order chi connectivity index (χ0) is 23.8. The molecular formula is C19H12Cl3F4N3O3. The third kappa shape index (κ3) is 5.25. The van der Waals surface area contributed by atoms with Crippen molar-refractivity contribution in [3.8, 4) is 0 Å². The summed E-state index contributed by atoms with van der Waals surface area (Å²) in [6, 6.07) is 5.18. The molecule has 3 rings (SSSR count). The quantitative estimate of drug-likeness (QED) is 0.367. The Hall–Kier alpha value is -2.56. The summed E-state index contributed by atoms with van der Waals surface area (Å²) >= 11 is 17.7. The Morgan fingerprint density at radius 3 is 2.28 bits per heavy atom. The molecule has 2 aromatic carbocycles. The highest BCUT2D eigenvalue weighted by molar-refractivity contribution is 6.52. The smallest absolute Gasteiger partial charge is 0.315 e. The lowest BCUT2D eigenvalue weighted by molar-refractivity contribution is -0.126. The Bertz CT molecular complexity index is 1110. The van der Waals surface area contributed by atoms with Crippen LogP contribution in [0.25, 0.3) is 0 Å². The van der Waals surface area contributed by atoms with E-state index >= 15 is 0 Å². The van der Waals surface area contributed by atoms with Gasteiger partial charge in [0.1, 0.15) is 15.8 Å². The van der Waals surface area contributed by atoms with Crippen LogP contribution in [-0.4, -0.2) is 28.5 Å². The number of carbonyl (C=O) groups excluding carboxylic acids is 3. The predicted molar refractivity (Wildman–Crippen MR) is 112 cm³/mol. The van der Waals surface area contributed by atoms with Gasteiger partial charge in [0.05, 0.1) is 22.2 Å². The topological polar surface area (TPSA) is 87.3 Å². The van der Waals surface area contributed by atoms with Crippen molar-refractivity contribution in [1.82, 2.24) is 0 Å². The molecule has 1 atom stereocenters. The van der Waals surface area contributed by atoms with Crippen LogP contribution in [0.3, 0.4) is 0 Å². The third-order valence-electron chi connectivity index (χ3n) is 4.41. The second kappa shape index (κ2) is 9.13. The van der Waals surface area contributed by atoms with Crippen LogP contribution < -0.4 is 16.0 Å². The maximum Gasteiger partial charge on any atom is 0.315 e. The molecule has 1 saturated carbocycles. The molecule has 0 aromatic heterocycles. The fourth-order valence-corrected chi connectivity index (χ4v) is 3.35. The molecule has 0 aliphatic heterocycles. The van der Waals surface area contributed by atoms with E-state index in [1.165, 1.54) is 12.1 Å². The van der Waals surface area contributed by atoms with E-state index in [1.54, 1.807) is 5.32 Å². The van der Waals surface area contributed by atoms with Crippen molar-refractivity contribution in [1.29, 1.82) is 0 Å². The summed E-state index contributed by atoms with van der Waals surface area (Å²) in [7, 11) is 0. The minimum atomic E-state index is -3.44. The Morgan fingerprint density at radius 1 is 1.03 bits per heavy atom. The molecular weight excluding hydrogens is 501 g/mol. The Labute approximate surface area is 193 Å². The van der Waals surface area contributed by atoms with Gasteiger partial charge in [-0.25, -0.2) is 8.78 Å². The largest absolute Gasteiger partial charge is 0.326 e. The number of benzene rings is 2. The fourth-order valence-electron chi connectivity index (χ4n) is 2.64. The summed E-state index contributed by atoms with van der Waals surface area (Å²) in [5.74, 6) is -6.75. The standard InChI is InChI=1S/C19H12Cl3F4N3O3/c20-10-2-1-7(27-17(31)9-6-19(9,21)22)5-8(10)16(30)29-14-11(23)3-4-12(13(14)24)28-18(32)15(25)26/h1-5,9,15H,6H2,(H,27,31)(H,28,32)(H,29,30). The van der Waals surface area contributed by atoms with Crippen LogP contribution in [0.4, 0.5) is 34.6 Å². The van der Waals surface area contributed by atoms with Gasteiger partial charge in [0.25, 0.3) is 11.8 Å². The highest BCUT2D eigenvalue weighted by atomic mass is 35.5. The van der Waals surface area contributed by atoms with Crippen LogP contribution in [0.2, 0.25) is 5.02 Å². The van der Waals surface area contributed by atoms with Crippen LogP contribution in [0.1, 0.15) is 16.8 Å². The van der Waals surface area contributed by atoms with E-state index in [2.05, 4.69) is 5.32 Å². The van der Waals surface area contributed by atoms with Gasteiger partial charge in [0.15, 0.2) is 5.82 Å². The summed E-state index contributed by atoms with van der Waals surface area (Å²) in [4.78, 5) is 35.8. The van der Waals surface area contributed by atoms with Crippen molar-refractivity contribution in [2.75, 3.05) is 16.0 Å². The number of alkyl halides is 4. The van der Waals surface area contributed by atoms with E-state index in [0.29, 0.717) is 6.07 Å². The van der Waals surface area contributed by atoms with Gasteiger partial charge in [-0.2, -0.15) is 8.78 Å². The lowest BCUT2D eigenvalue weighted by Crippen LogP contribution is -2.22. The van der Waals surface area contributed by atoms with Gasteiger partial charge in [0, 0.05) is 5.69 Å². The molecule has 1 fully saturated rings. The number of hydrogen-bond donors (Lipinski definition) is 3. The number of nitrogens with one attached hydrogen (secondary N) is 3. The molecule has 3 N–H and O–H groups in total. The molecule has 170 valence electrons.